The maximum absolute atomic E-state index is 10.2. The molecule has 100 valence electrons. The Kier molecular flexibility index (Phi) is 3.76. The normalized spacial score (nSPS) is 17.7. The lowest BCUT2D eigenvalue weighted by Gasteiger charge is -2.47. The highest BCUT2D eigenvalue weighted by atomic mass is 16.5. The molecule has 4 nitrogen and oxygen atoms in total. The largest absolute Gasteiger partial charge is 0.487 e. The molecular formula is C14H22N2O2. The van der Waals surface area contributed by atoms with Gasteiger partial charge in [-0.15, -0.1) is 0 Å². The van der Waals surface area contributed by atoms with Crippen LogP contribution in [0.15, 0.2) is 18.3 Å². The first-order chi connectivity index (χ1) is 8.54. The Bertz CT molecular complexity index is 401. The zero-order valence-electron chi connectivity index (χ0n) is 11.4. The molecule has 1 aromatic heterocycles. The molecule has 1 aliphatic heterocycles. The van der Waals surface area contributed by atoms with Gasteiger partial charge in [-0.2, -0.15) is 0 Å². The first-order valence-electron chi connectivity index (χ1n) is 6.63. The van der Waals surface area contributed by atoms with Crippen LogP contribution in [-0.4, -0.2) is 34.9 Å². The number of anilines is 1. The zero-order chi connectivity index (χ0) is 13.2. The van der Waals surface area contributed by atoms with Gasteiger partial charge in [0, 0.05) is 6.20 Å². The van der Waals surface area contributed by atoms with E-state index in [0.29, 0.717) is 13.1 Å². The summed E-state index contributed by atoms with van der Waals surface area (Å²) in [6.45, 7) is 7.38. The molecule has 0 bridgehead atoms. The van der Waals surface area contributed by atoms with Crippen molar-refractivity contribution in [2.75, 3.05) is 18.0 Å². The van der Waals surface area contributed by atoms with Crippen molar-refractivity contribution in [3.05, 3.63) is 18.3 Å². The highest BCUT2D eigenvalue weighted by molar-refractivity contribution is 5.55. The van der Waals surface area contributed by atoms with Gasteiger partial charge >= 0.3 is 0 Å². The van der Waals surface area contributed by atoms with E-state index in [2.05, 4.69) is 16.8 Å². The van der Waals surface area contributed by atoms with Crippen LogP contribution in [0.2, 0.25) is 0 Å². The predicted molar refractivity (Wildman–Crippen MR) is 72.1 cm³/mol. The fourth-order valence-corrected chi connectivity index (χ4v) is 2.40. The Labute approximate surface area is 109 Å². The molecular weight excluding hydrogens is 228 g/mol. The molecule has 1 saturated heterocycles. The van der Waals surface area contributed by atoms with E-state index in [1.165, 1.54) is 0 Å². The number of aromatic nitrogens is 1. The molecule has 4 heteroatoms. The second kappa shape index (κ2) is 5.14. The van der Waals surface area contributed by atoms with Crippen molar-refractivity contribution < 1.29 is 9.84 Å². The Morgan fingerprint density at radius 1 is 1.50 bits per heavy atom. The van der Waals surface area contributed by atoms with Crippen molar-refractivity contribution in [1.29, 1.82) is 0 Å². The quantitative estimate of drug-likeness (QED) is 0.870. The Balaban J connectivity index is 2.07. The number of nitrogens with zero attached hydrogens (tertiary/aromatic N) is 2. The van der Waals surface area contributed by atoms with Gasteiger partial charge in [-0.05, 0) is 32.4 Å². The molecule has 2 heterocycles. The van der Waals surface area contributed by atoms with Crippen LogP contribution >= 0.6 is 0 Å². The maximum atomic E-state index is 10.2. The van der Waals surface area contributed by atoms with Crippen molar-refractivity contribution in [2.45, 2.75) is 45.3 Å². The summed E-state index contributed by atoms with van der Waals surface area (Å²) in [6, 6.07) is 3.80. The van der Waals surface area contributed by atoms with Crippen LogP contribution in [0.5, 0.6) is 5.75 Å². The summed E-state index contributed by atoms with van der Waals surface area (Å²) in [4.78, 5) is 6.45. The Morgan fingerprint density at radius 2 is 2.22 bits per heavy atom. The first-order valence-corrected chi connectivity index (χ1v) is 6.63. The molecule has 2 rings (SSSR count). The van der Waals surface area contributed by atoms with E-state index >= 15 is 0 Å². The molecule has 18 heavy (non-hydrogen) atoms. The summed E-state index contributed by atoms with van der Waals surface area (Å²) < 4.78 is 5.74. The summed E-state index contributed by atoms with van der Waals surface area (Å²) in [5, 5.41) is 10.2. The minimum atomic E-state index is -0.540. The fraction of sp³-hybridized carbons (Fsp3) is 0.643. The lowest BCUT2D eigenvalue weighted by molar-refractivity contribution is 0.00259. The molecule has 0 aromatic carbocycles. The molecule has 0 amide bonds. The van der Waals surface area contributed by atoms with Crippen LogP contribution in [0, 0.1) is 0 Å². The molecule has 0 unspecified atom stereocenters. The minimum absolute atomic E-state index is 0.128. The van der Waals surface area contributed by atoms with Crippen molar-refractivity contribution in [3.63, 3.8) is 0 Å². The summed E-state index contributed by atoms with van der Waals surface area (Å²) >= 11 is 0. The molecule has 0 radical (unpaired) electrons. The molecule has 0 aliphatic carbocycles. The van der Waals surface area contributed by atoms with E-state index in [4.69, 9.17) is 4.74 Å². The van der Waals surface area contributed by atoms with Gasteiger partial charge in [0.15, 0.2) is 11.6 Å². The second-order valence-electron chi connectivity index (χ2n) is 5.32. The summed E-state index contributed by atoms with van der Waals surface area (Å²) in [5.41, 5.74) is -0.540. The van der Waals surface area contributed by atoms with Gasteiger partial charge in [0.25, 0.3) is 0 Å². The van der Waals surface area contributed by atoms with Gasteiger partial charge < -0.3 is 14.7 Å². The van der Waals surface area contributed by atoms with Crippen molar-refractivity contribution >= 4 is 5.82 Å². The smallest absolute Gasteiger partial charge is 0.171 e. The third-order valence-corrected chi connectivity index (χ3v) is 3.10. The topological polar surface area (TPSA) is 45.6 Å². The average molecular weight is 250 g/mol. The minimum Gasteiger partial charge on any atom is -0.487 e. The highest BCUT2D eigenvalue weighted by Gasteiger charge is 2.41. The van der Waals surface area contributed by atoms with Gasteiger partial charge in [0.05, 0.1) is 24.8 Å². The van der Waals surface area contributed by atoms with Gasteiger partial charge in [0.2, 0.25) is 0 Å². The molecule has 0 saturated carbocycles. The summed E-state index contributed by atoms with van der Waals surface area (Å²) in [5.74, 6) is 1.64. The number of ether oxygens (including phenoxy) is 1. The molecule has 1 aliphatic rings. The SMILES string of the molecule is CCCC1(O)CN(c2ncccc2OC(C)C)C1. The number of β-amino-alcohol motifs (C(OH)–C–C–N with tert-alkyl or cyclic N) is 1. The molecule has 0 atom stereocenters. The summed E-state index contributed by atoms with van der Waals surface area (Å²) in [7, 11) is 0. The number of rotatable bonds is 5. The van der Waals surface area contributed by atoms with Gasteiger partial charge in [-0.25, -0.2) is 4.98 Å². The van der Waals surface area contributed by atoms with Crippen LogP contribution in [-0.2, 0) is 0 Å². The third kappa shape index (κ3) is 2.75. The lowest BCUT2D eigenvalue weighted by Crippen LogP contribution is -2.62. The molecule has 0 spiro atoms. The van der Waals surface area contributed by atoms with Gasteiger partial charge in [-0.3, -0.25) is 0 Å². The number of aliphatic hydroxyl groups is 1. The maximum Gasteiger partial charge on any atom is 0.171 e. The number of hydrogen-bond donors (Lipinski definition) is 1. The van der Waals surface area contributed by atoms with Crippen molar-refractivity contribution in [3.8, 4) is 5.75 Å². The van der Waals surface area contributed by atoms with E-state index in [-0.39, 0.29) is 6.10 Å². The van der Waals surface area contributed by atoms with Crippen LogP contribution < -0.4 is 9.64 Å². The average Bonchev–Trinajstić information content (AvgIpc) is 2.26. The van der Waals surface area contributed by atoms with E-state index in [1.54, 1.807) is 6.20 Å². The van der Waals surface area contributed by atoms with Crippen molar-refractivity contribution in [2.24, 2.45) is 0 Å². The lowest BCUT2D eigenvalue weighted by atomic mass is 9.89. The second-order valence-corrected chi connectivity index (χ2v) is 5.32. The van der Waals surface area contributed by atoms with Crippen LogP contribution in [0.25, 0.3) is 0 Å². The van der Waals surface area contributed by atoms with Gasteiger partial charge in [0.1, 0.15) is 0 Å². The third-order valence-electron chi connectivity index (χ3n) is 3.10. The number of hydrogen-bond acceptors (Lipinski definition) is 4. The van der Waals surface area contributed by atoms with E-state index < -0.39 is 5.60 Å². The summed E-state index contributed by atoms with van der Waals surface area (Å²) in [6.07, 6.45) is 3.74. The van der Waals surface area contributed by atoms with Gasteiger partial charge in [-0.1, -0.05) is 13.3 Å². The zero-order valence-corrected chi connectivity index (χ0v) is 11.4. The van der Waals surface area contributed by atoms with Crippen LogP contribution in [0.1, 0.15) is 33.6 Å². The molecule has 1 fully saturated rings. The number of pyridine rings is 1. The predicted octanol–water partition coefficient (Wildman–Crippen LogP) is 2.22. The monoisotopic (exact) mass is 250 g/mol. The van der Waals surface area contributed by atoms with E-state index in [9.17, 15) is 5.11 Å². The standard InChI is InChI=1S/C14H22N2O2/c1-4-7-14(17)9-16(10-14)13-12(18-11(2)3)6-5-8-15-13/h5-6,8,11,17H,4,7,9-10H2,1-3H3. The Morgan fingerprint density at radius 3 is 2.83 bits per heavy atom. The fourth-order valence-electron chi connectivity index (χ4n) is 2.40. The van der Waals surface area contributed by atoms with Crippen LogP contribution in [0.3, 0.4) is 0 Å². The Hall–Kier alpha value is -1.29. The van der Waals surface area contributed by atoms with Crippen molar-refractivity contribution in [1.82, 2.24) is 4.98 Å². The van der Waals surface area contributed by atoms with Crippen LogP contribution in [0.4, 0.5) is 5.82 Å². The first kappa shape index (κ1) is 13.1. The van der Waals surface area contributed by atoms with E-state index in [0.717, 1.165) is 24.4 Å². The van der Waals surface area contributed by atoms with E-state index in [1.807, 2.05) is 26.0 Å². The molecule has 1 N–H and O–H groups in total. The highest BCUT2D eigenvalue weighted by Crippen LogP contribution is 2.35. The molecule has 1 aromatic rings.